The minimum Gasteiger partial charge on any atom is -0.496 e. The van der Waals surface area contributed by atoms with Crippen LogP contribution in [0.25, 0.3) is 22.3 Å². The molecule has 0 aliphatic carbocycles. The molecule has 0 radical (unpaired) electrons. The molecule has 3 heterocycles. The molecule has 0 aliphatic rings. The highest BCUT2D eigenvalue weighted by Crippen LogP contribution is 2.27. The van der Waals surface area contributed by atoms with Crippen molar-refractivity contribution in [2.75, 3.05) is 7.11 Å². The van der Waals surface area contributed by atoms with Gasteiger partial charge in [-0.25, -0.2) is 9.78 Å². The molecule has 3 aromatic heterocycles. The molecule has 0 aliphatic heterocycles. The van der Waals surface area contributed by atoms with Crippen LogP contribution in [0.2, 0.25) is 0 Å². The Hall–Kier alpha value is -3.53. The number of nitrogens with zero attached hydrogens (tertiary/aromatic N) is 3. The Morgan fingerprint density at radius 3 is 2.80 bits per heavy atom. The van der Waals surface area contributed by atoms with Crippen LogP contribution >= 0.6 is 0 Å². The first-order valence-corrected chi connectivity index (χ1v) is 10.3. The standard InChI is InChI=1S/C20H18N4O5S/c1-10-8-21-16(11(2)18(10)28-3)9-30(27)20-22-13-5-4-12(6-15(13)23-20)14-7-17(19(25)26)29-24-14/h4-8H,9H2,1-3H3,(H,22,23)(H,25,26). The summed E-state index contributed by atoms with van der Waals surface area (Å²) in [6, 6.07) is 6.59. The second-order valence-corrected chi connectivity index (χ2v) is 8.06. The number of carbonyl (C=O) groups is 1. The van der Waals surface area contributed by atoms with E-state index in [2.05, 4.69) is 20.1 Å². The fourth-order valence-electron chi connectivity index (χ4n) is 3.17. The number of carboxylic acids is 1. The number of ether oxygens (including phenoxy) is 1. The topological polar surface area (TPSA) is 131 Å². The quantitative estimate of drug-likeness (QED) is 0.480. The van der Waals surface area contributed by atoms with Crippen molar-refractivity contribution >= 4 is 27.8 Å². The highest BCUT2D eigenvalue weighted by molar-refractivity contribution is 7.84. The molecular weight excluding hydrogens is 408 g/mol. The lowest BCUT2D eigenvalue weighted by Gasteiger charge is -2.11. The van der Waals surface area contributed by atoms with Crippen LogP contribution in [-0.4, -0.2) is 42.5 Å². The number of aromatic nitrogens is 4. The number of aromatic carboxylic acids is 1. The molecule has 9 nitrogen and oxygen atoms in total. The van der Waals surface area contributed by atoms with Crippen LogP contribution in [-0.2, 0) is 16.6 Å². The van der Waals surface area contributed by atoms with Crippen molar-refractivity contribution in [3.63, 3.8) is 0 Å². The van der Waals surface area contributed by atoms with Crippen molar-refractivity contribution in [1.82, 2.24) is 20.1 Å². The molecule has 0 fully saturated rings. The maximum atomic E-state index is 12.9. The zero-order valence-corrected chi connectivity index (χ0v) is 17.2. The Morgan fingerprint density at radius 2 is 2.10 bits per heavy atom. The summed E-state index contributed by atoms with van der Waals surface area (Å²) in [6.07, 6.45) is 1.70. The molecule has 2 N–H and O–H groups in total. The van der Waals surface area contributed by atoms with E-state index in [9.17, 15) is 9.00 Å². The first-order valence-electron chi connectivity index (χ1n) is 8.95. The third kappa shape index (κ3) is 3.57. The molecule has 0 bridgehead atoms. The SMILES string of the molecule is COc1c(C)cnc(CS(=O)c2nc3ccc(-c4cc(C(=O)O)on4)cc3[nH]2)c1C. The van der Waals surface area contributed by atoms with E-state index in [1.807, 2.05) is 13.8 Å². The minimum atomic E-state index is -1.44. The molecule has 30 heavy (non-hydrogen) atoms. The van der Waals surface area contributed by atoms with Gasteiger partial charge in [0.25, 0.3) is 0 Å². The van der Waals surface area contributed by atoms with Crippen LogP contribution < -0.4 is 4.74 Å². The molecule has 4 aromatic rings. The van der Waals surface area contributed by atoms with E-state index in [4.69, 9.17) is 14.4 Å². The Labute approximate surface area is 173 Å². The van der Waals surface area contributed by atoms with Crippen molar-refractivity contribution in [3.8, 4) is 17.0 Å². The Kier molecular flexibility index (Phi) is 5.08. The molecule has 10 heteroatoms. The zero-order chi connectivity index (χ0) is 21.4. The van der Waals surface area contributed by atoms with Gasteiger partial charge in [0.05, 0.1) is 40.4 Å². The van der Waals surface area contributed by atoms with Gasteiger partial charge in [0, 0.05) is 29.0 Å². The second-order valence-electron chi connectivity index (χ2n) is 6.69. The van der Waals surface area contributed by atoms with E-state index in [0.717, 1.165) is 16.9 Å². The van der Waals surface area contributed by atoms with Gasteiger partial charge >= 0.3 is 5.97 Å². The fourth-order valence-corrected chi connectivity index (χ4v) is 4.27. The Bertz CT molecular complexity index is 1290. The number of hydrogen-bond donors (Lipinski definition) is 2. The summed E-state index contributed by atoms with van der Waals surface area (Å²) in [5, 5.41) is 13.1. The number of imidazole rings is 1. The van der Waals surface area contributed by atoms with Crippen LogP contribution in [0.1, 0.15) is 27.4 Å². The summed E-state index contributed by atoms with van der Waals surface area (Å²) in [7, 11) is 0.154. The fraction of sp³-hybridized carbons (Fsp3) is 0.200. The van der Waals surface area contributed by atoms with Crippen molar-refractivity contribution < 1.29 is 23.4 Å². The number of carboxylic acid groups (broad SMARTS) is 1. The highest BCUT2D eigenvalue weighted by Gasteiger charge is 2.17. The summed E-state index contributed by atoms with van der Waals surface area (Å²) in [5.74, 6) is -0.501. The average molecular weight is 426 g/mol. The first-order chi connectivity index (χ1) is 14.4. The van der Waals surface area contributed by atoms with Gasteiger partial charge in [0.2, 0.25) is 5.76 Å². The van der Waals surface area contributed by atoms with E-state index in [-0.39, 0.29) is 11.5 Å². The predicted octanol–water partition coefficient (Wildman–Crippen LogP) is 3.24. The lowest BCUT2D eigenvalue weighted by Crippen LogP contribution is -2.05. The molecule has 0 saturated heterocycles. The number of hydrogen-bond acceptors (Lipinski definition) is 7. The van der Waals surface area contributed by atoms with E-state index in [0.29, 0.717) is 33.1 Å². The molecule has 1 atom stereocenters. The van der Waals surface area contributed by atoms with Gasteiger partial charge in [-0.2, -0.15) is 0 Å². The number of fused-ring (bicyclic) bond motifs is 1. The Balaban J connectivity index is 1.62. The molecule has 1 unspecified atom stereocenters. The van der Waals surface area contributed by atoms with Crippen LogP contribution in [0.4, 0.5) is 0 Å². The third-order valence-electron chi connectivity index (χ3n) is 4.71. The van der Waals surface area contributed by atoms with E-state index >= 15 is 0 Å². The normalized spacial score (nSPS) is 12.2. The zero-order valence-electron chi connectivity index (χ0n) is 16.4. The molecule has 0 spiro atoms. The van der Waals surface area contributed by atoms with Gasteiger partial charge in [-0.05, 0) is 26.0 Å². The largest absolute Gasteiger partial charge is 0.496 e. The van der Waals surface area contributed by atoms with Crippen LogP contribution in [0.5, 0.6) is 5.75 Å². The minimum absolute atomic E-state index is 0.195. The third-order valence-corrected chi connectivity index (χ3v) is 5.87. The number of aryl methyl sites for hydroxylation is 1. The molecule has 1 aromatic carbocycles. The smallest absolute Gasteiger partial charge is 0.374 e. The average Bonchev–Trinajstić information content (AvgIpc) is 3.37. The number of nitrogens with one attached hydrogen (secondary N) is 1. The van der Waals surface area contributed by atoms with Gasteiger partial charge in [-0.15, -0.1) is 0 Å². The Morgan fingerprint density at radius 1 is 1.30 bits per heavy atom. The molecule has 4 rings (SSSR count). The summed E-state index contributed by atoms with van der Waals surface area (Å²) >= 11 is 0. The van der Waals surface area contributed by atoms with E-state index < -0.39 is 16.8 Å². The van der Waals surface area contributed by atoms with Gasteiger partial charge in [0.1, 0.15) is 11.4 Å². The summed E-state index contributed by atoms with van der Waals surface area (Å²) < 4.78 is 23.1. The van der Waals surface area contributed by atoms with Crippen molar-refractivity contribution in [1.29, 1.82) is 0 Å². The monoisotopic (exact) mass is 426 g/mol. The van der Waals surface area contributed by atoms with Crippen molar-refractivity contribution in [3.05, 3.63) is 53.0 Å². The number of methoxy groups -OCH3 is 1. The lowest BCUT2D eigenvalue weighted by atomic mass is 10.1. The number of pyridine rings is 1. The van der Waals surface area contributed by atoms with Gasteiger partial charge in [0.15, 0.2) is 5.16 Å². The van der Waals surface area contributed by atoms with Crippen LogP contribution in [0.3, 0.4) is 0 Å². The second kappa shape index (κ2) is 7.71. The van der Waals surface area contributed by atoms with Crippen molar-refractivity contribution in [2.45, 2.75) is 24.8 Å². The van der Waals surface area contributed by atoms with Gasteiger partial charge < -0.3 is 19.4 Å². The maximum absolute atomic E-state index is 12.9. The molecular formula is C20H18N4O5S. The predicted molar refractivity (Wildman–Crippen MR) is 109 cm³/mol. The number of H-pyrrole nitrogens is 1. The summed E-state index contributed by atoms with van der Waals surface area (Å²) in [6.45, 7) is 3.80. The van der Waals surface area contributed by atoms with Crippen LogP contribution in [0, 0.1) is 13.8 Å². The molecule has 0 saturated carbocycles. The van der Waals surface area contributed by atoms with Crippen molar-refractivity contribution in [2.24, 2.45) is 0 Å². The van der Waals surface area contributed by atoms with Crippen LogP contribution in [0.15, 0.2) is 40.1 Å². The number of benzene rings is 1. The summed E-state index contributed by atoms with van der Waals surface area (Å²) in [5.41, 5.74) is 4.78. The summed E-state index contributed by atoms with van der Waals surface area (Å²) in [4.78, 5) is 22.9. The van der Waals surface area contributed by atoms with Gasteiger partial charge in [-0.3, -0.25) is 9.19 Å². The molecule has 154 valence electrons. The van der Waals surface area contributed by atoms with E-state index in [1.54, 1.807) is 31.5 Å². The van der Waals surface area contributed by atoms with Gasteiger partial charge in [-0.1, -0.05) is 11.2 Å². The van der Waals surface area contributed by atoms with E-state index in [1.165, 1.54) is 6.07 Å². The lowest BCUT2D eigenvalue weighted by molar-refractivity contribution is 0.0652. The highest BCUT2D eigenvalue weighted by atomic mass is 32.2. The maximum Gasteiger partial charge on any atom is 0.374 e. The number of rotatable bonds is 6. The first kappa shape index (κ1) is 19.8. The number of aromatic amines is 1. The molecule has 0 amide bonds.